The van der Waals surface area contributed by atoms with E-state index in [1.54, 1.807) is 6.07 Å². The molecule has 0 aliphatic carbocycles. The molecule has 1 aromatic carbocycles. The zero-order chi connectivity index (χ0) is 15.4. The molecule has 112 valence electrons. The van der Waals surface area contributed by atoms with Crippen molar-refractivity contribution in [1.82, 2.24) is 4.98 Å². The fourth-order valence-corrected chi connectivity index (χ4v) is 2.35. The van der Waals surface area contributed by atoms with Gasteiger partial charge < -0.3 is 10.1 Å². The monoisotopic (exact) mass is 392 g/mol. The van der Waals surface area contributed by atoms with Gasteiger partial charge in [-0.05, 0) is 30.7 Å². The minimum absolute atomic E-state index is 0.0383. The zero-order valence-corrected chi connectivity index (χ0v) is 14.2. The van der Waals surface area contributed by atoms with Gasteiger partial charge in [0.15, 0.2) is 11.6 Å². The lowest BCUT2D eigenvalue weighted by atomic mass is 10.3. The van der Waals surface area contributed by atoms with Crippen LogP contribution in [0.2, 0.25) is 10.0 Å². The summed E-state index contributed by atoms with van der Waals surface area (Å²) in [6, 6.07) is 5.97. The maximum absolute atomic E-state index is 13.8. The Balaban J connectivity index is 2.30. The first-order valence-corrected chi connectivity index (χ1v) is 7.79. The van der Waals surface area contributed by atoms with Crippen LogP contribution >= 0.6 is 39.1 Å². The molecule has 0 amide bonds. The summed E-state index contributed by atoms with van der Waals surface area (Å²) in [6.07, 6.45) is 0.915. The van der Waals surface area contributed by atoms with Gasteiger partial charge in [-0.1, -0.05) is 46.1 Å². The summed E-state index contributed by atoms with van der Waals surface area (Å²) < 4.78 is 19.8. The second-order valence-corrected chi connectivity index (χ2v) is 5.94. The average Bonchev–Trinajstić information content (AvgIpc) is 2.43. The summed E-state index contributed by atoms with van der Waals surface area (Å²) in [5, 5.41) is 3.66. The van der Waals surface area contributed by atoms with Crippen molar-refractivity contribution in [1.29, 1.82) is 0 Å². The van der Waals surface area contributed by atoms with Crippen molar-refractivity contribution in [2.75, 3.05) is 11.9 Å². The first-order valence-electron chi connectivity index (χ1n) is 6.24. The van der Waals surface area contributed by atoms with E-state index in [2.05, 4.69) is 26.2 Å². The van der Waals surface area contributed by atoms with Crippen molar-refractivity contribution in [3.05, 3.63) is 44.6 Å². The molecule has 3 nitrogen and oxygen atoms in total. The van der Waals surface area contributed by atoms with Gasteiger partial charge in [-0.3, -0.25) is 0 Å². The molecule has 0 saturated heterocycles. The standard InChI is InChI=1S/C14H12BrCl2FN2O/c1-2-5-19-13-9(16)7-10(17)14(20-13)21-12-4-3-8(15)6-11(12)18/h3-4,6-7H,2,5H2,1H3,(H,19,20). The van der Waals surface area contributed by atoms with Crippen LogP contribution in [0, 0.1) is 5.82 Å². The van der Waals surface area contributed by atoms with Gasteiger partial charge >= 0.3 is 0 Å². The number of hydrogen-bond acceptors (Lipinski definition) is 3. The number of nitrogens with zero attached hydrogens (tertiary/aromatic N) is 1. The van der Waals surface area contributed by atoms with E-state index >= 15 is 0 Å². The lowest BCUT2D eigenvalue weighted by Crippen LogP contribution is -2.04. The summed E-state index contributed by atoms with van der Waals surface area (Å²) >= 11 is 15.3. The summed E-state index contributed by atoms with van der Waals surface area (Å²) in [7, 11) is 0. The normalized spacial score (nSPS) is 10.5. The molecule has 2 aromatic rings. The number of hydrogen-bond donors (Lipinski definition) is 1. The van der Waals surface area contributed by atoms with Gasteiger partial charge in [-0.15, -0.1) is 0 Å². The number of anilines is 1. The second kappa shape index (κ2) is 7.29. The molecule has 0 atom stereocenters. The van der Waals surface area contributed by atoms with Gasteiger partial charge in [0.05, 0.1) is 5.02 Å². The third-order valence-electron chi connectivity index (χ3n) is 2.54. The molecule has 0 fully saturated rings. The molecule has 0 saturated carbocycles. The van der Waals surface area contributed by atoms with Crippen molar-refractivity contribution < 1.29 is 9.13 Å². The molecule has 1 aromatic heterocycles. The highest BCUT2D eigenvalue weighted by molar-refractivity contribution is 9.10. The van der Waals surface area contributed by atoms with Crippen LogP contribution in [-0.2, 0) is 0 Å². The Morgan fingerprint density at radius 1 is 1.29 bits per heavy atom. The van der Waals surface area contributed by atoms with Gasteiger partial charge in [0, 0.05) is 11.0 Å². The van der Waals surface area contributed by atoms with Crippen molar-refractivity contribution >= 4 is 44.9 Å². The van der Waals surface area contributed by atoms with Crippen molar-refractivity contribution in [3.8, 4) is 11.6 Å². The van der Waals surface area contributed by atoms with E-state index in [9.17, 15) is 4.39 Å². The van der Waals surface area contributed by atoms with Crippen LogP contribution in [0.15, 0.2) is 28.7 Å². The number of ether oxygens (including phenoxy) is 1. The van der Waals surface area contributed by atoms with E-state index in [-0.39, 0.29) is 16.7 Å². The quantitative estimate of drug-likeness (QED) is 0.686. The number of aromatic nitrogens is 1. The lowest BCUT2D eigenvalue weighted by Gasteiger charge is -2.11. The molecule has 1 heterocycles. The minimum atomic E-state index is -0.514. The second-order valence-electron chi connectivity index (χ2n) is 4.21. The van der Waals surface area contributed by atoms with Crippen LogP contribution in [0.1, 0.15) is 13.3 Å². The van der Waals surface area contributed by atoms with Crippen LogP contribution in [0.4, 0.5) is 10.2 Å². The molecule has 0 radical (unpaired) electrons. The van der Waals surface area contributed by atoms with Gasteiger partial charge in [0.25, 0.3) is 0 Å². The predicted octanol–water partition coefficient (Wildman–Crippen LogP) is 5.90. The lowest BCUT2D eigenvalue weighted by molar-refractivity contribution is 0.428. The number of benzene rings is 1. The third kappa shape index (κ3) is 4.22. The topological polar surface area (TPSA) is 34.2 Å². The van der Waals surface area contributed by atoms with Gasteiger partial charge in [0.1, 0.15) is 10.8 Å². The van der Waals surface area contributed by atoms with Crippen LogP contribution in [0.3, 0.4) is 0 Å². The summed E-state index contributed by atoms with van der Waals surface area (Å²) in [6.45, 7) is 2.73. The molecule has 1 N–H and O–H groups in total. The van der Waals surface area contributed by atoms with E-state index < -0.39 is 5.82 Å². The maximum atomic E-state index is 13.8. The van der Waals surface area contributed by atoms with E-state index in [0.29, 0.717) is 21.9 Å². The molecule has 0 bridgehead atoms. The fraction of sp³-hybridized carbons (Fsp3) is 0.214. The Bertz CT molecular complexity index is 655. The fourth-order valence-electron chi connectivity index (χ4n) is 1.55. The molecule has 0 aliphatic rings. The number of pyridine rings is 1. The highest BCUT2D eigenvalue weighted by Gasteiger charge is 2.13. The highest BCUT2D eigenvalue weighted by atomic mass is 79.9. The Labute approximate surface area is 140 Å². The van der Waals surface area contributed by atoms with Crippen LogP contribution in [-0.4, -0.2) is 11.5 Å². The molecule has 21 heavy (non-hydrogen) atoms. The van der Waals surface area contributed by atoms with Crippen molar-refractivity contribution in [2.45, 2.75) is 13.3 Å². The van der Waals surface area contributed by atoms with E-state index in [1.807, 2.05) is 6.92 Å². The number of nitrogens with one attached hydrogen (secondary N) is 1. The Morgan fingerprint density at radius 3 is 2.71 bits per heavy atom. The Kier molecular flexibility index (Phi) is 5.67. The maximum Gasteiger partial charge on any atom is 0.240 e. The smallest absolute Gasteiger partial charge is 0.240 e. The van der Waals surface area contributed by atoms with E-state index in [4.69, 9.17) is 27.9 Å². The summed E-state index contributed by atoms with van der Waals surface area (Å²) in [4.78, 5) is 4.19. The first-order chi connectivity index (χ1) is 10.0. The summed E-state index contributed by atoms with van der Waals surface area (Å²) in [5.74, 6) is 0.0768. The average molecular weight is 394 g/mol. The first kappa shape index (κ1) is 16.3. The van der Waals surface area contributed by atoms with E-state index in [0.717, 1.165) is 6.42 Å². The van der Waals surface area contributed by atoms with Crippen LogP contribution in [0.25, 0.3) is 0 Å². The Hall–Kier alpha value is -1.04. The Morgan fingerprint density at radius 2 is 2.05 bits per heavy atom. The summed E-state index contributed by atoms with van der Waals surface area (Å²) in [5.41, 5.74) is 0. The minimum Gasteiger partial charge on any atom is -0.434 e. The third-order valence-corrected chi connectivity index (χ3v) is 3.59. The highest BCUT2D eigenvalue weighted by Crippen LogP contribution is 2.34. The largest absolute Gasteiger partial charge is 0.434 e. The van der Waals surface area contributed by atoms with Crippen LogP contribution < -0.4 is 10.1 Å². The number of halogens is 4. The van der Waals surface area contributed by atoms with Gasteiger partial charge in [0.2, 0.25) is 5.88 Å². The van der Waals surface area contributed by atoms with Crippen molar-refractivity contribution in [3.63, 3.8) is 0 Å². The molecule has 0 aliphatic heterocycles. The molecule has 7 heteroatoms. The number of rotatable bonds is 5. The zero-order valence-electron chi connectivity index (χ0n) is 11.1. The SMILES string of the molecule is CCCNc1nc(Oc2ccc(Br)cc2F)c(Cl)cc1Cl. The molecule has 0 unspecified atom stereocenters. The molecule has 0 spiro atoms. The van der Waals surface area contributed by atoms with Gasteiger partial charge in [-0.25, -0.2) is 4.39 Å². The molecular weight excluding hydrogens is 382 g/mol. The predicted molar refractivity (Wildman–Crippen MR) is 87.2 cm³/mol. The van der Waals surface area contributed by atoms with Gasteiger partial charge in [-0.2, -0.15) is 4.98 Å². The molecule has 2 rings (SSSR count). The van der Waals surface area contributed by atoms with Crippen molar-refractivity contribution in [2.24, 2.45) is 0 Å². The molecular formula is C14H12BrCl2FN2O. The van der Waals surface area contributed by atoms with E-state index in [1.165, 1.54) is 18.2 Å². The van der Waals surface area contributed by atoms with Crippen LogP contribution in [0.5, 0.6) is 11.6 Å².